The lowest BCUT2D eigenvalue weighted by molar-refractivity contribution is -0.115. The van der Waals surface area contributed by atoms with Crippen LogP contribution in [0.2, 0.25) is 0 Å². The molecule has 30 heavy (non-hydrogen) atoms. The van der Waals surface area contributed by atoms with E-state index in [1.165, 1.54) is 22.7 Å². The van der Waals surface area contributed by atoms with Crippen molar-refractivity contribution in [2.24, 2.45) is 0 Å². The van der Waals surface area contributed by atoms with Gasteiger partial charge in [-0.1, -0.05) is 48.1 Å². The van der Waals surface area contributed by atoms with Crippen molar-refractivity contribution in [1.29, 1.82) is 0 Å². The third-order valence-corrected chi connectivity index (χ3v) is 9.53. The molecule has 9 heteroatoms. The number of benzene rings is 1. The van der Waals surface area contributed by atoms with Crippen LogP contribution in [0.4, 0.5) is 5.13 Å². The monoisotopic (exact) mass is 461 g/mol. The number of aromatic nitrogens is 1. The Hall–Kier alpha value is -2.07. The number of hydrogen-bond acceptors (Lipinski definition) is 6. The van der Waals surface area contributed by atoms with E-state index in [-0.39, 0.29) is 12.3 Å². The van der Waals surface area contributed by atoms with Crippen molar-refractivity contribution in [1.82, 2.24) is 9.29 Å². The van der Waals surface area contributed by atoms with Crippen LogP contribution in [0.15, 0.2) is 46.7 Å². The average Bonchev–Trinajstić information content (AvgIpc) is 3.36. The Balaban J connectivity index is 1.42. The first kappa shape index (κ1) is 21.2. The second kappa shape index (κ2) is 8.97. The second-order valence-corrected chi connectivity index (χ2v) is 11.5. The Kier molecular flexibility index (Phi) is 6.33. The number of amides is 1. The highest BCUT2D eigenvalue weighted by atomic mass is 32.2. The largest absolute Gasteiger partial charge is 0.302 e. The minimum Gasteiger partial charge on any atom is -0.302 e. The van der Waals surface area contributed by atoms with Crippen LogP contribution in [-0.4, -0.2) is 36.7 Å². The minimum atomic E-state index is -3.46. The Bertz CT molecular complexity index is 1130. The smallest absolute Gasteiger partial charge is 0.252 e. The van der Waals surface area contributed by atoms with Crippen LogP contribution in [0.3, 0.4) is 0 Å². The van der Waals surface area contributed by atoms with E-state index in [9.17, 15) is 13.2 Å². The number of carbonyl (C=O) groups excluding carboxylic acids is 1. The summed E-state index contributed by atoms with van der Waals surface area (Å²) in [5.41, 5.74) is 1.94. The molecule has 0 saturated carbocycles. The van der Waals surface area contributed by atoms with Gasteiger partial charge in [-0.3, -0.25) is 4.79 Å². The van der Waals surface area contributed by atoms with E-state index in [0.29, 0.717) is 22.4 Å². The van der Waals surface area contributed by atoms with Crippen molar-refractivity contribution in [2.75, 3.05) is 18.4 Å². The van der Waals surface area contributed by atoms with Gasteiger partial charge in [-0.15, -0.1) is 11.3 Å². The topological polar surface area (TPSA) is 79.4 Å². The normalized spacial score (nSPS) is 15.2. The quantitative estimate of drug-likeness (QED) is 0.585. The number of thiazole rings is 1. The van der Waals surface area contributed by atoms with Gasteiger partial charge >= 0.3 is 0 Å². The summed E-state index contributed by atoms with van der Waals surface area (Å²) in [7, 11) is -3.46. The number of nitrogens with one attached hydrogen (secondary N) is 1. The maximum absolute atomic E-state index is 12.8. The Morgan fingerprint density at radius 2 is 1.80 bits per heavy atom. The van der Waals surface area contributed by atoms with Crippen LogP contribution in [0, 0.1) is 6.92 Å². The molecule has 2 aromatic heterocycles. The van der Waals surface area contributed by atoms with E-state index in [1.54, 1.807) is 16.4 Å². The SMILES string of the molecule is Cc1nc(NC(=O)Cc2ccc(S(=O)(=O)N3CCCCC3)s2)sc1-c1ccccc1. The fourth-order valence-electron chi connectivity index (χ4n) is 3.45. The molecule has 0 radical (unpaired) electrons. The van der Waals surface area contributed by atoms with Crippen LogP contribution < -0.4 is 5.32 Å². The number of piperidine rings is 1. The molecular formula is C21H23N3O3S3. The van der Waals surface area contributed by atoms with Crippen molar-refractivity contribution in [3.63, 3.8) is 0 Å². The number of aryl methyl sites for hydroxylation is 1. The number of sulfonamides is 1. The summed E-state index contributed by atoms with van der Waals surface area (Å²) < 4.78 is 27.4. The van der Waals surface area contributed by atoms with Gasteiger partial charge < -0.3 is 5.32 Å². The van der Waals surface area contributed by atoms with Gasteiger partial charge in [0.05, 0.1) is 17.0 Å². The van der Waals surface area contributed by atoms with Gasteiger partial charge in [0.2, 0.25) is 5.91 Å². The lowest BCUT2D eigenvalue weighted by atomic mass is 10.2. The van der Waals surface area contributed by atoms with E-state index < -0.39 is 10.0 Å². The molecule has 3 heterocycles. The first-order valence-corrected chi connectivity index (χ1v) is 12.9. The van der Waals surface area contributed by atoms with E-state index in [1.807, 2.05) is 37.3 Å². The van der Waals surface area contributed by atoms with Crippen LogP contribution in [0.25, 0.3) is 10.4 Å². The average molecular weight is 462 g/mol. The molecule has 0 bridgehead atoms. The third kappa shape index (κ3) is 4.64. The van der Waals surface area contributed by atoms with Crippen LogP contribution in [-0.2, 0) is 21.2 Å². The molecule has 1 saturated heterocycles. The highest BCUT2D eigenvalue weighted by molar-refractivity contribution is 7.91. The predicted molar refractivity (Wildman–Crippen MR) is 122 cm³/mol. The Labute approximate surface area is 184 Å². The molecule has 3 aromatic rings. The van der Waals surface area contributed by atoms with E-state index in [2.05, 4.69) is 10.3 Å². The summed E-state index contributed by atoms with van der Waals surface area (Å²) in [4.78, 5) is 18.7. The molecule has 0 atom stereocenters. The number of hydrogen-bond donors (Lipinski definition) is 1. The van der Waals surface area contributed by atoms with Crippen molar-refractivity contribution >= 4 is 43.7 Å². The van der Waals surface area contributed by atoms with Crippen LogP contribution in [0.1, 0.15) is 29.8 Å². The summed E-state index contributed by atoms with van der Waals surface area (Å²) in [6.45, 7) is 3.07. The number of carbonyl (C=O) groups is 1. The summed E-state index contributed by atoms with van der Waals surface area (Å²) in [5, 5.41) is 3.40. The molecule has 6 nitrogen and oxygen atoms in total. The summed E-state index contributed by atoms with van der Waals surface area (Å²) in [6.07, 6.45) is 3.00. The minimum absolute atomic E-state index is 0.124. The number of thiophene rings is 1. The van der Waals surface area contributed by atoms with Crippen molar-refractivity contribution in [3.8, 4) is 10.4 Å². The summed E-state index contributed by atoms with van der Waals surface area (Å²) in [5.74, 6) is -0.202. The molecule has 4 rings (SSSR count). The fraction of sp³-hybridized carbons (Fsp3) is 0.333. The lowest BCUT2D eigenvalue weighted by Crippen LogP contribution is -2.35. The van der Waals surface area contributed by atoms with Crippen LogP contribution >= 0.6 is 22.7 Å². The van der Waals surface area contributed by atoms with Gasteiger partial charge in [0.15, 0.2) is 5.13 Å². The van der Waals surface area contributed by atoms with Gasteiger partial charge in [0, 0.05) is 18.0 Å². The zero-order valence-corrected chi connectivity index (χ0v) is 19.1. The van der Waals surface area contributed by atoms with Crippen molar-refractivity contribution < 1.29 is 13.2 Å². The standard InChI is InChI=1S/C21H23N3O3S3/c1-15-20(16-8-4-2-5-9-16)29-21(22-15)23-18(25)14-17-10-11-19(28-17)30(26,27)24-12-6-3-7-13-24/h2,4-5,8-11H,3,6-7,12-14H2,1H3,(H,22,23,25). The molecule has 0 spiro atoms. The van der Waals surface area contributed by atoms with E-state index >= 15 is 0 Å². The lowest BCUT2D eigenvalue weighted by Gasteiger charge is -2.25. The fourth-order valence-corrected chi connectivity index (χ4v) is 7.47. The molecule has 1 aliphatic rings. The van der Waals surface area contributed by atoms with Crippen molar-refractivity contribution in [3.05, 3.63) is 53.0 Å². The van der Waals surface area contributed by atoms with E-state index in [0.717, 1.165) is 40.3 Å². The molecular weight excluding hydrogens is 438 g/mol. The molecule has 0 unspecified atom stereocenters. The van der Waals surface area contributed by atoms with E-state index in [4.69, 9.17) is 0 Å². The predicted octanol–water partition coefficient (Wildman–Crippen LogP) is 4.54. The maximum atomic E-state index is 12.8. The zero-order valence-electron chi connectivity index (χ0n) is 16.6. The maximum Gasteiger partial charge on any atom is 0.252 e. The third-order valence-electron chi connectivity index (χ3n) is 4.96. The first-order valence-electron chi connectivity index (χ1n) is 9.85. The second-order valence-electron chi connectivity index (χ2n) is 7.21. The van der Waals surface area contributed by atoms with Crippen LogP contribution in [0.5, 0.6) is 0 Å². The number of anilines is 1. The van der Waals surface area contributed by atoms with Gasteiger partial charge in [0.25, 0.3) is 10.0 Å². The van der Waals surface area contributed by atoms with Gasteiger partial charge in [-0.05, 0) is 37.5 Å². The van der Waals surface area contributed by atoms with Gasteiger partial charge in [0.1, 0.15) is 4.21 Å². The zero-order chi connectivity index (χ0) is 21.1. The molecule has 1 amide bonds. The van der Waals surface area contributed by atoms with Gasteiger partial charge in [-0.2, -0.15) is 4.31 Å². The molecule has 1 aliphatic heterocycles. The number of nitrogens with zero attached hydrogens (tertiary/aromatic N) is 2. The molecule has 0 aliphatic carbocycles. The van der Waals surface area contributed by atoms with Gasteiger partial charge in [-0.25, -0.2) is 13.4 Å². The molecule has 1 aromatic carbocycles. The first-order chi connectivity index (χ1) is 14.4. The highest BCUT2D eigenvalue weighted by Crippen LogP contribution is 2.33. The number of rotatable bonds is 6. The Morgan fingerprint density at radius 1 is 1.07 bits per heavy atom. The summed E-state index contributed by atoms with van der Waals surface area (Å²) in [6, 6.07) is 13.3. The molecule has 1 N–H and O–H groups in total. The highest BCUT2D eigenvalue weighted by Gasteiger charge is 2.27. The summed E-state index contributed by atoms with van der Waals surface area (Å²) >= 11 is 2.61. The molecule has 158 valence electrons. The van der Waals surface area contributed by atoms with Crippen molar-refractivity contribution in [2.45, 2.75) is 36.8 Å². The Morgan fingerprint density at radius 3 is 2.53 bits per heavy atom. The molecule has 1 fully saturated rings.